The summed E-state index contributed by atoms with van der Waals surface area (Å²) >= 11 is 0. The van der Waals surface area contributed by atoms with Gasteiger partial charge in [-0.1, -0.05) is 25.1 Å². The first-order valence-corrected chi connectivity index (χ1v) is 6.67. The maximum atomic E-state index is 13.4. The first-order chi connectivity index (χ1) is 9.79. The fourth-order valence-electron chi connectivity index (χ4n) is 1.67. The van der Waals surface area contributed by atoms with Gasteiger partial charge in [-0.3, -0.25) is 4.98 Å². The fourth-order valence-corrected chi connectivity index (χ4v) is 1.67. The van der Waals surface area contributed by atoms with Gasteiger partial charge in [0.1, 0.15) is 12.4 Å². The highest BCUT2D eigenvalue weighted by Gasteiger charge is 2.03. The second-order valence-electron chi connectivity index (χ2n) is 4.40. The van der Waals surface area contributed by atoms with Crippen molar-refractivity contribution < 1.29 is 9.13 Å². The van der Waals surface area contributed by atoms with Gasteiger partial charge in [-0.2, -0.15) is 0 Å². The molecule has 106 valence electrons. The largest absolute Gasteiger partial charge is 0.472 e. The molecule has 20 heavy (non-hydrogen) atoms. The van der Waals surface area contributed by atoms with E-state index in [1.807, 2.05) is 0 Å². The standard InChI is InChI=1S/C15H18FN3O/c1-2-7-17-8-13-9-19-15(10-18-13)20-11-12-5-3-4-6-14(12)16/h3-6,9-10,17H,2,7-8,11H2,1H3. The summed E-state index contributed by atoms with van der Waals surface area (Å²) in [4.78, 5) is 8.40. The number of hydrogen-bond acceptors (Lipinski definition) is 4. The molecule has 0 radical (unpaired) electrons. The highest BCUT2D eigenvalue weighted by atomic mass is 19.1. The van der Waals surface area contributed by atoms with Crippen molar-refractivity contribution in [2.45, 2.75) is 26.5 Å². The maximum absolute atomic E-state index is 13.4. The fraction of sp³-hybridized carbons (Fsp3) is 0.333. The lowest BCUT2D eigenvalue weighted by Crippen LogP contribution is -2.15. The van der Waals surface area contributed by atoms with E-state index in [4.69, 9.17) is 4.74 Å². The molecule has 0 saturated carbocycles. The third-order valence-electron chi connectivity index (χ3n) is 2.75. The van der Waals surface area contributed by atoms with Crippen LogP contribution < -0.4 is 10.1 Å². The van der Waals surface area contributed by atoms with E-state index in [0.29, 0.717) is 18.0 Å². The molecule has 1 heterocycles. The SMILES string of the molecule is CCCNCc1cnc(OCc2ccccc2F)cn1. The van der Waals surface area contributed by atoms with Gasteiger partial charge in [-0.05, 0) is 19.0 Å². The van der Waals surface area contributed by atoms with E-state index < -0.39 is 0 Å². The highest BCUT2D eigenvalue weighted by Crippen LogP contribution is 2.11. The number of halogens is 1. The molecule has 1 aromatic heterocycles. The number of aromatic nitrogens is 2. The van der Waals surface area contributed by atoms with Crippen molar-refractivity contribution in [3.63, 3.8) is 0 Å². The summed E-state index contributed by atoms with van der Waals surface area (Å²) in [5, 5.41) is 3.24. The Labute approximate surface area is 118 Å². The zero-order valence-corrected chi connectivity index (χ0v) is 11.5. The van der Waals surface area contributed by atoms with Crippen molar-refractivity contribution in [1.82, 2.24) is 15.3 Å². The minimum Gasteiger partial charge on any atom is -0.472 e. The third kappa shape index (κ3) is 4.28. The second kappa shape index (κ2) is 7.55. The first kappa shape index (κ1) is 14.4. The average Bonchev–Trinajstić information content (AvgIpc) is 2.48. The molecule has 1 N–H and O–H groups in total. The van der Waals surface area contributed by atoms with E-state index >= 15 is 0 Å². The van der Waals surface area contributed by atoms with Gasteiger partial charge in [0.2, 0.25) is 5.88 Å². The molecule has 0 unspecified atom stereocenters. The highest BCUT2D eigenvalue weighted by molar-refractivity contribution is 5.17. The van der Waals surface area contributed by atoms with Gasteiger partial charge in [0.25, 0.3) is 0 Å². The summed E-state index contributed by atoms with van der Waals surface area (Å²) in [6.07, 6.45) is 4.31. The molecule has 0 spiro atoms. The van der Waals surface area contributed by atoms with Crippen LogP contribution in [0.5, 0.6) is 5.88 Å². The van der Waals surface area contributed by atoms with Crippen molar-refractivity contribution in [3.8, 4) is 5.88 Å². The molecule has 0 fully saturated rings. The normalized spacial score (nSPS) is 10.5. The molecule has 0 saturated heterocycles. The first-order valence-electron chi connectivity index (χ1n) is 6.67. The summed E-state index contributed by atoms with van der Waals surface area (Å²) in [6.45, 7) is 3.90. The Morgan fingerprint density at radius 2 is 2.05 bits per heavy atom. The molecule has 4 nitrogen and oxygen atoms in total. The zero-order chi connectivity index (χ0) is 14.2. The Balaban J connectivity index is 1.86. The summed E-state index contributed by atoms with van der Waals surface area (Å²) < 4.78 is 18.8. The lowest BCUT2D eigenvalue weighted by molar-refractivity contribution is 0.286. The molecule has 0 amide bonds. The summed E-state index contributed by atoms with van der Waals surface area (Å²) in [5.41, 5.74) is 1.36. The minimum atomic E-state index is -0.277. The molecule has 2 aromatic rings. The lowest BCUT2D eigenvalue weighted by atomic mass is 10.2. The molecule has 0 aliphatic carbocycles. The summed E-state index contributed by atoms with van der Waals surface area (Å²) in [5.74, 6) is 0.119. The molecule has 2 rings (SSSR count). The lowest BCUT2D eigenvalue weighted by Gasteiger charge is -2.07. The van der Waals surface area contributed by atoms with Gasteiger partial charge < -0.3 is 10.1 Å². The Bertz CT molecular complexity index is 531. The van der Waals surface area contributed by atoms with Crippen molar-refractivity contribution in [1.29, 1.82) is 0 Å². The van der Waals surface area contributed by atoms with Crippen LogP contribution in [0.4, 0.5) is 4.39 Å². The predicted molar refractivity (Wildman–Crippen MR) is 74.8 cm³/mol. The summed E-state index contributed by atoms with van der Waals surface area (Å²) in [7, 11) is 0. The van der Waals surface area contributed by atoms with E-state index in [0.717, 1.165) is 18.7 Å². The van der Waals surface area contributed by atoms with Crippen molar-refractivity contribution in [2.24, 2.45) is 0 Å². The molecular formula is C15H18FN3O. The molecule has 5 heteroatoms. The van der Waals surface area contributed by atoms with Crippen molar-refractivity contribution >= 4 is 0 Å². The van der Waals surface area contributed by atoms with E-state index in [1.165, 1.54) is 6.07 Å². The smallest absolute Gasteiger partial charge is 0.232 e. The van der Waals surface area contributed by atoms with Gasteiger partial charge >= 0.3 is 0 Å². The molecular weight excluding hydrogens is 257 g/mol. The van der Waals surface area contributed by atoms with Crippen LogP contribution >= 0.6 is 0 Å². The Morgan fingerprint density at radius 3 is 2.75 bits per heavy atom. The number of nitrogens with one attached hydrogen (secondary N) is 1. The van der Waals surface area contributed by atoms with E-state index in [-0.39, 0.29) is 12.4 Å². The van der Waals surface area contributed by atoms with E-state index in [9.17, 15) is 4.39 Å². The summed E-state index contributed by atoms with van der Waals surface area (Å²) in [6, 6.07) is 6.52. The maximum Gasteiger partial charge on any atom is 0.232 e. The predicted octanol–water partition coefficient (Wildman–Crippen LogP) is 2.69. The number of nitrogens with zero attached hydrogens (tertiary/aromatic N) is 2. The Morgan fingerprint density at radius 1 is 1.20 bits per heavy atom. The Kier molecular flexibility index (Phi) is 5.43. The molecule has 0 bridgehead atoms. The molecule has 1 aromatic carbocycles. The van der Waals surface area contributed by atoms with Gasteiger partial charge in [0.15, 0.2) is 0 Å². The van der Waals surface area contributed by atoms with Crippen LogP contribution in [-0.4, -0.2) is 16.5 Å². The monoisotopic (exact) mass is 275 g/mol. The molecule has 0 aliphatic heterocycles. The second-order valence-corrected chi connectivity index (χ2v) is 4.40. The van der Waals surface area contributed by atoms with Crippen LogP contribution in [0.25, 0.3) is 0 Å². The topological polar surface area (TPSA) is 47.0 Å². The molecule has 0 atom stereocenters. The van der Waals surface area contributed by atoms with E-state index in [1.54, 1.807) is 30.6 Å². The molecule has 0 aliphatic rings. The zero-order valence-electron chi connectivity index (χ0n) is 11.5. The number of ether oxygens (including phenoxy) is 1. The van der Waals surface area contributed by atoms with Crippen LogP contribution in [0.3, 0.4) is 0 Å². The van der Waals surface area contributed by atoms with Crippen LogP contribution in [-0.2, 0) is 13.2 Å². The van der Waals surface area contributed by atoms with Gasteiger partial charge in [-0.15, -0.1) is 0 Å². The van der Waals surface area contributed by atoms with Crippen LogP contribution in [0.15, 0.2) is 36.7 Å². The minimum absolute atomic E-state index is 0.148. The Hall–Kier alpha value is -2.01. The van der Waals surface area contributed by atoms with Crippen molar-refractivity contribution in [2.75, 3.05) is 6.54 Å². The van der Waals surface area contributed by atoms with Crippen LogP contribution in [0, 0.1) is 5.82 Å². The van der Waals surface area contributed by atoms with Gasteiger partial charge in [-0.25, -0.2) is 9.37 Å². The number of benzene rings is 1. The van der Waals surface area contributed by atoms with Crippen LogP contribution in [0.2, 0.25) is 0 Å². The third-order valence-corrected chi connectivity index (χ3v) is 2.75. The number of hydrogen-bond donors (Lipinski definition) is 1. The van der Waals surface area contributed by atoms with E-state index in [2.05, 4.69) is 22.2 Å². The van der Waals surface area contributed by atoms with Crippen molar-refractivity contribution in [3.05, 3.63) is 53.7 Å². The van der Waals surface area contributed by atoms with Gasteiger partial charge in [0, 0.05) is 12.1 Å². The van der Waals surface area contributed by atoms with Crippen LogP contribution in [0.1, 0.15) is 24.6 Å². The average molecular weight is 275 g/mol. The quantitative estimate of drug-likeness (QED) is 0.789. The van der Waals surface area contributed by atoms with Gasteiger partial charge in [0.05, 0.1) is 18.1 Å². The number of rotatable bonds is 7.